The number of anilines is 2. The van der Waals surface area contributed by atoms with Gasteiger partial charge in [-0.25, -0.2) is 0 Å². The van der Waals surface area contributed by atoms with Crippen LogP contribution in [0.4, 0.5) is 11.4 Å². The van der Waals surface area contributed by atoms with Crippen LogP contribution in [0, 0.1) is 5.92 Å². The van der Waals surface area contributed by atoms with Gasteiger partial charge < -0.3 is 16.4 Å². The van der Waals surface area contributed by atoms with E-state index in [2.05, 4.69) is 11.8 Å². The quantitative estimate of drug-likeness (QED) is 0.817. The molecule has 1 heterocycles. The number of amides is 1. The minimum atomic E-state index is -0.405. The van der Waals surface area contributed by atoms with Gasteiger partial charge in [0.1, 0.15) is 0 Å². The average Bonchev–Trinajstić information content (AvgIpc) is 2.40. The molecule has 0 atom stereocenters. The summed E-state index contributed by atoms with van der Waals surface area (Å²) in [5.41, 5.74) is 13.5. The highest BCUT2D eigenvalue weighted by Gasteiger charge is 2.23. The molecule has 0 bridgehead atoms. The third-order valence-electron chi connectivity index (χ3n) is 3.96. The van der Waals surface area contributed by atoms with E-state index in [9.17, 15) is 4.79 Å². The van der Waals surface area contributed by atoms with Crippen LogP contribution in [0.2, 0.25) is 0 Å². The van der Waals surface area contributed by atoms with E-state index in [1.165, 1.54) is 25.7 Å². The first-order valence-electron chi connectivity index (χ1n) is 7.06. The van der Waals surface area contributed by atoms with Crippen molar-refractivity contribution in [2.75, 3.05) is 23.7 Å². The van der Waals surface area contributed by atoms with E-state index < -0.39 is 5.91 Å². The number of nitrogens with zero attached hydrogens (tertiary/aromatic N) is 1. The summed E-state index contributed by atoms with van der Waals surface area (Å²) in [6.45, 7) is 4.14. The normalized spacial score (nSPS) is 16.6. The molecule has 1 aliphatic rings. The van der Waals surface area contributed by atoms with Gasteiger partial charge in [-0.15, -0.1) is 0 Å². The molecule has 1 saturated heterocycles. The predicted molar refractivity (Wildman–Crippen MR) is 79.2 cm³/mol. The smallest absolute Gasteiger partial charge is 0.250 e. The Hall–Kier alpha value is -1.71. The molecular formula is C15H23N3O. The maximum Gasteiger partial charge on any atom is 0.250 e. The maximum absolute atomic E-state index is 11.5. The predicted octanol–water partition coefficient (Wildman–Crippen LogP) is 2.38. The van der Waals surface area contributed by atoms with Gasteiger partial charge in [-0.3, -0.25) is 4.79 Å². The number of hydrogen-bond acceptors (Lipinski definition) is 3. The van der Waals surface area contributed by atoms with Crippen molar-refractivity contribution in [3.8, 4) is 0 Å². The topological polar surface area (TPSA) is 72.3 Å². The third kappa shape index (κ3) is 3.00. The molecule has 0 aromatic heterocycles. The Balaban J connectivity index is 2.17. The Morgan fingerprint density at radius 1 is 1.37 bits per heavy atom. The first kappa shape index (κ1) is 13.7. The van der Waals surface area contributed by atoms with E-state index in [-0.39, 0.29) is 0 Å². The fourth-order valence-electron chi connectivity index (χ4n) is 2.97. The molecule has 1 amide bonds. The molecule has 4 heteroatoms. The number of nitrogen functional groups attached to an aromatic ring is 1. The zero-order valence-electron chi connectivity index (χ0n) is 11.6. The van der Waals surface area contributed by atoms with E-state index in [4.69, 9.17) is 11.5 Å². The van der Waals surface area contributed by atoms with Crippen molar-refractivity contribution in [2.45, 2.75) is 32.6 Å². The van der Waals surface area contributed by atoms with Crippen molar-refractivity contribution < 1.29 is 4.79 Å². The molecule has 2 rings (SSSR count). The summed E-state index contributed by atoms with van der Waals surface area (Å²) in [5.74, 6) is 0.404. The molecule has 104 valence electrons. The fraction of sp³-hybridized carbons (Fsp3) is 0.533. The number of benzene rings is 1. The van der Waals surface area contributed by atoms with Crippen LogP contribution in [-0.2, 0) is 0 Å². The van der Waals surface area contributed by atoms with E-state index >= 15 is 0 Å². The number of carbonyl (C=O) groups is 1. The van der Waals surface area contributed by atoms with Gasteiger partial charge in [-0.05, 0) is 30.9 Å². The Bertz CT molecular complexity index is 451. The van der Waals surface area contributed by atoms with Crippen LogP contribution in [-0.4, -0.2) is 19.0 Å². The number of rotatable bonds is 4. The standard InChI is InChI=1S/C15H23N3O/c1-2-4-11-7-9-18(10-8-11)14-12(15(17)19)5-3-6-13(14)16/h3,5-6,11H,2,4,7-10,16H2,1H3,(H2,17,19). The largest absolute Gasteiger partial charge is 0.397 e. The van der Waals surface area contributed by atoms with Crippen LogP contribution >= 0.6 is 0 Å². The van der Waals surface area contributed by atoms with Gasteiger partial charge in [0.25, 0.3) is 5.91 Å². The molecular weight excluding hydrogens is 238 g/mol. The number of nitrogens with two attached hydrogens (primary N) is 2. The van der Waals surface area contributed by atoms with Crippen molar-refractivity contribution in [1.82, 2.24) is 0 Å². The second kappa shape index (κ2) is 5.95. The van der Waals surface area contributed by atoms with Gasteiger partial charge in [-0.2, -0.15) is 0 Å². The molecule has 1 aliphatic heterocycles. The molecule has 1 aromatic rings. The van der Waals surface area contributed by atoms with Crippen LogP contribution in [0.25, 0.3) is 0 Å². The lowest BCUT2D eigenvalue weighted by Crippen LogP contribution is -2.35. The van der Waals surface area contributed by atoms with Crippen LogP contribution in [0.5, 0.6) is 0 Å². The minimum absolute atomic E-state index is 0.405. The SMILES string of the molecule is CCCC1CCN(c2c(N)cccc2C(N)=O)CC1. The second-order valence-corrected chi connectivity index (χ2v) is 5.33. The van der Waals surface area contributed by atoms with Gasteiger partial charge in [0.05, 0.1) is 16.9 Å². The van der Waals surface area contributed by atoms with Crippen molar-refractivity contribution >= 4 is 17.3 Å². The minimum Gasteiger partial charge on any atom is -0.397 e. The molecule has 0 spiro atoms. The third-order valence-corrected chi connectivity index (χ3v) is 3.96. The zero-order chi connectivity index (χ0) is 13.8. The van der Waals surface area contributed by atoms with Crippen molar-refractivity contribution in [3.63, 3.8) is 0 Å². The molecule has 19 heavy (non-hydrogen) atoms. The average molecular weight is 261 g/mol. The van der Waals surface area contributed by atoms with Gasteiger partial charge in [0.15, 0.2) is 0 Å². The Morgan fingerprint density at radius 3 is 2.63 bits per heavy atom. The van der Waals surface area contributed by atoms with Gasteiger partial charge in [0, 0.05) is 13.1 Å². The summed E-state index contributed by atoms with van der Waals surface area (Å²) >= 11 is 0. The number of hydrogen-bond donors (Lipinski definition) is 2. The summed E-state index contributed by atoms with van der Waals surface area (Å²) in [6, 6.07) is 5.37. The molecule has 0 aliphatic carbocycles. The molecule has 1 fully saturated rings. The van der Waals surface area contributed by atoms with E-state index in [0.29, 0.717) is 11.3 Å². The molecule has 4 N–H and O–H groups in total. The Morgan fingerprint density at radius 2 is 2.05 bits per heavy atom. The Kier molecular flexibility index (Phi) is 4.30. The molecule has 0 saturated carbocycles. The van der Waals surface area contributed by atoms with Crippen LogP contribution in [0.1, 0.15) is 43.0 Å². The highest BCUT2D eigenvalue weighted by Crippen LogP contribution is 2.32. The molecule has 0 unspecified atom stereocenters. The van der Waals surface area contributed by atoms with Gasteiger partial charge in [0.2, 0.25) is 0 Å². The maximum atomic E-state index is 11.5. The zero-order valence-corrected chi connectivity index (χ0v) is 11.6. The lowest BCUT2D eigenvalue weighted by molar-refractivity contribution is 0.100. The van der Waals surface area contributed by atoms with Crippen molar-refractivity contribution in [3.05, 3.63) is 23.8 Å². The van der Waals surface area contributed by atoms with E-state index in [0.717, 1.165) is 24.7 Å². The van der Waals surface area contributed by atoms with Crippen LogP contribution in [0.15, 0.2) is 18.2 Å². The highest BCUT2D eigenvalue weighted by molar-refractivity contribution is 6.01. The summed E-state index contributed by atoms with van der Waals surface area (Å²) in [4.78, 5) is 13.7. The monoisotopic (exact) mass is 261 g/mol. The molecule has 1 aromatic carbocycles. The van der Waals surface area contributed by atoms with Crippen LogP contribution in [0.3, 0.4) is 0 Å². The second-order valence-electron chi connectivity index (χ2n) is 5.33. The lowest BCUT2D eigenvalue weighted by Gasteiger charge is -2.35. The summed E-state index contributed by atoms with van der Waals surface area (Å²) in [7, 11) is 0. The van der Waals surface area contributed by atoms with Crippen molar-refractivity contribution in [1.29, 1.82) is 0 Å². The number of para-hydroxylation sites is 1. The Labute approximate surface area is 114 Å². The van der Waals surface area contributed by atoms with Crippen molar-refractivity contribution in [2.24, 2.45) is 11.7 Å². The van der Waals surface area contributed by atoms with Gasteiger partial charge >= 0.3 is 0 Å². The summed E-state index contributed by atoms with van der Waals surface area (Å²) in [5, 5.41) is 0. The number of primary amides is 1. The number of carbonyl (C=O) groups excluding carboxylic acids is 1. The first-order valence-corrected chi connectivity index (χ1v) is 7.06. The van der Waals surface area contributed by atoms with Gasteiger partial charge in [-0.1, -0.05) is 25.8 Å². The highest BCUT2D eigenvalue weighted by atomic mass is 16.1. The summed E-state index contributed by atoms with van der Waals surface area (Å²) in [6.07, 6.45) is 4.87. The fourth-order valence-corrected chi connectivity index (χ4v) is 2.97. The first-order chi connectivity index (χ1) is 9.13. The molecule has 4 nitrogen and oxygen atoms in total. The molecule has 0 radical (unpaired) electrons. The lowest BCUT2D eigenvalue weighted by atomic mass is 9.92. The van der Waals surface area contributed by atoms with E-state index in [1.54, 1.807) is 12.1 Å². The van der Waals surface area contributed by atoms with Crippen LogP contribution < -0.4 is 16.4 Å². The number of piperidine rings is 1. The van der Waals surface area contributed by atoms with E-state index in [1.807, 2.05) is 6.07 Å². The summed E-state index contributed by atoms with van der Waals surface area (Å²) < 4.78 is 0.